The second kappa shape index (κ2) is 10.0. The van der Waals surface area contributed by atoms with Crippen LogP contribution < -0.4 is 19.5 Å². The smallest absolute Gasteiger partial charge is 0.308 e. The summed E-state index contributed by atoms with van der Waals surface area (Å²) >= 11 is 0. The minimum Gasteiger partial charge on any atom is -0.489 e. The Hall–Kier alpha value is -3.22. The van der Waals surface area contributed by atoms with Crippen molar-refractivity contribution < 1.29 is 28.9 Å². The molecule has 0 fully saturated rings. The van der Waals surface area contributed by atoms with Crippen molar-refractivity contribution in [1.82, 2.24) is 5.32 Å². The number of hydrogen-bond donors (Lipinski definition) is 2. The largest absolute Gasteiger partial charge is 0.489 e. The number of carbonyl (C=O) groups is 2. The lowest BCUT2D eigenvalue weighted by Gasteiger charge is -2.21. The molecule has 1 aliphatic rings. The maximum atomic E-state index is 12.1. The average molecular weight is 413 g/mol. The molecule has 1 aliphatic heterocycles. The number of carboxylic acid groups (broad SMARTS) is 1. The molecule has 1 atom stereocenters. The van der Waals surface area contributed by atoms with E-state index >= 15 is 0 Å². The van der Waals surface area contributed by atoms with E-state index in [2.05, 4.69) is 5.32 Å². The van der Waals surface area contributed by atoms with Gasteiger partial charge in [0.05, 0.1) is 12.3 Å². The first-order valence-electron chi connectivity index (χ1n) is 10.0. The average Bonchev–Trinajstić information content (AvgIpc) is 2.73. The number of para-hydroxylation sites is 1. The van der Waals surface area contributed by atoms with E-state index in [0.717, 1.165) is 22.6 Å². The number of nitrogens with one attached hydrogen (secondary N) is 1. The summed E-state index contributed by atoms with van der Waals surface area (Å²) in [4.78, 5) is 23.3. The Morgan fingerprint density at radius 2 is 1.83 bits per heavy atom. The lowest BCUT2D eigenvalue weighted by molar-refractivity contribution is -0.143. The number of benzene rings is 2. The zero-order chi connectivity index (χ0) is 21.5. The highest BCUT2D eigenvalue weighted by Gasteiger charge is 2.22. The summed E-state index contributed by atoms with van der Waals surface area (Å²) in [5.41, 5.74) is 1.74. The summed E-state index contributed by atoms with van der Waals surface area (Å²) in [5.74, 6) is 0.380. The van der Waals surface area contributed by atoms with E-state index in [1.165, 1.54) is 0 Å². The van der Waals surface area contributed by atoms with Crippen LogP contribution in [0.15, 0.2) is 42.5 Å². The first-order chi connectivity index (χ1) is 14.4. The summed E-state index contributed by atoms with van der Waals surface area (Å²) in [6, 6.07) is 13.0. The van der Waals surface area contributed by atoms with Gasteiger partial charge in [0.15, 0.2) is 11.5 Å². The Labute approximate surface area is 176 Å². The fourth-order valence-electron chi connectivity index (χ4n) is 3.19. The minimum absolute atomic E-state index is 0.0496. The maximum Gasteiger partial charge on any atom is 0.308 e. The zero-order valence-corrected chi connectivity index (χ0v) is 17.2. The summed E-state index contributed by atoms with van der Waals surface area (Å²) in [6.45, 7) is 5.19. The molecule has 0 saturated carbocycles. The number of amides is 1. The van der Waals surface area contributed by atoms with Crippen molar-refractivity contribution in [3.8, 4) is 17.2 Å². The Balaban J connectivity index is 1.50. The van der Waals surface area contributed by atoms with Gasteiger partial charge >= 0.3 is 5.97 Å². The third-order valence-electron chi connectivity index (χ3n) is 4.97. The van der Waals surface area contributed by atoms with Gasteiger partial charge in [0, 0.05) is 12.1 Å². The molecule has 1 amide bonds. The SMILES string of the molecule is CC(C)C(CNC(=O)Cc1ccc(OCc2cccc3c2OCCO3)cc1)C(=O)O. The Morgan fingerprint density at radius 1 is 1.10 bits per heavy atom. The molecule has 1 heterocycles. The van der Waals surface area contributed by atoms with E-state index in [0.29, 0.717) is 25.6 Å². The lowest BCUT2D eigenvalue weighted by Crippen LogP contribution is -2.36. The molecule has 2 aromatic rings. The number of ether oxygens (including phenoxy) is 3. The van der Waals surface area contributed by atoms with Gasteiger partial charge in [-0.3, -0.25) is 9.59 Å². The van der Waals surface area contributed by atoms with Crippen LogP contribution in [0.4, 0.5) is 0 Å². The highest BCUT2D eigenvalue weighted by Crippen LogP contribution is 2.34. The van der Waals surface area contributed by atoms with Gasteiger partial charge in [0.1, 0.15) is 25.6 Å². The van der Waals surface area contributed by atoms with Gasteiger partial charge in [-0.05, 0) is 29.7 Å². The third-order valence-corrected chi connectivity index (χ3v) is 4.97. The Bertz CT molecular complexity index is 878. The number of fused-ring (bicyclic) bond motifs is 1. The fraction of sp³-hybridized carbons (Fsp3) is 0.391. The molecule has 7 heteroatoms. The van der Waals surface area contributed by atoms with Gasteiger partial charge in [-0.1, -0.05) is 38.1 Å². The normalized spacial score (nSPS) is 13.6. The van der Waals surface area contributed by atoms with Crippen LogP contribution in [-0.4, -0.2) is 36.7 Å². The van der Waals surface area contributed by atoms with Crippen LogP contribution in [0.2, 0.25) is 0 Å². The molecule has 2 aromatic carbocycles. The van der Waals surface area contributed by atoms with Crippen molar-refractivity contribution in [2.75, 3.05) is 19.8 Å². The second-order valence-corrected chi connectivity index (χ2v) is 7.54. The van der Waals surface area contributed by atoms with E-state index in [1.807, 2.05) is 56.3 Å². The molecule has 0 spiro atoms. The number of carbonyl (C=O) groups excluding carboxylic acids is 1. The molecule has 0 bridgehead atoms. The topological polar surface area (TPSA) is 94.1 Å². The first-order valence-corrected chi connectivity index (χ1v) is 10.0. The number of aliphatic carboxylic acids is 1. The molecule has 2 N–H and O–H groups in total. The monoisotopic (exact) mass is 413 g/mol. The summed E-state index contributed by atoms with van der Waals surface area (Å²) in [5, 5.41) is 11.9. The quantitative estimate of drug-likeness (QED) is 0.656. The van der Waals surface area contributed by atoms with E-state index in [4.69, 9.17) is 14.2 Å². The van der Waals surface area contributed by atoms with Gasteiger partial charge in [-0.25, -0.2) is 0 Å². The molecule has 160 valence electrons. The number of hydrogen-bond acceptors (Lipinski definition) is 5. The highest BCUT2D eigenvalue weighted by atomic mass is 16.6. The van der Waals surface area contributed by atoms with Crippen molar-refractivity contribution in [3.05, 3.63) is 53.6 Å². The minimum atomic E-state index is -0.900. The van der Waals surface area contributed by atoms with Crippen LogP contribution in [0.3, 0.4) is 0 Å². The van der Waals surface area contributed by atoms with Gasteiger partial charge in [-0.2, -0.15) is 0 Å². The van der Waals surface area contributed by atoms with E-state index < -0.39 is 11.9 Å². The van der Waals surface area contributed by atoms with Gasteiger partial charge in [0.2, 0.25) is 5.91 Å². The second-order valence-electron chi connectivity index (χ2n) is 7.54. The molecule has 0 saturated heterocycles. The fourth-order valence-corrected chi connectivity index (χ4v) is 3.19. The van der Waals surface area contributed by atoms with Crippen molar-refractivity contribution in [1.29, 1.82) is 0 Å². The molecule has 1 unspecified atom stereocenters. The molecule has 0 aromatic heterocycles. The van der Waals surface area contributed by atoms with Crippen molar-refractivity contribution in [3.63, 3.8) is 0 Å². The van der Waals surface area contributed by atoms with E-state index in [9.17, 15) is 14.7 Å². The number of carboxylic acids is 1. The van der Waals surface area contributed by atoms with Crippen molar-refractivity contribution in [2.45, 2.75) is 26.9 Å². The molecule has 30 heavy (non-hydrogen) atoms. The Morgan fingerprint density at radius 3 is 2.53 bits per heavy atom. The zero-order valence-electron chi connectivity index (χ0n) is 17.2. The first kappa shape index (κ1) is 21.5. The lowest BCUT2D eigenvalue weighted by atomic mass is 9.96. The summed E-state index contributed by atoms with van der Waals surface area (Å²) < 4.78 is 17.1. The van der Waals surface area contributed by atoms with Crippen LogP contribution in [0.25, 0.3) is 0 Å². The predicted octanol–water partition coefficient (Wildman–Crippen LogP) is 3.05. The molecule has 3 rings (SSSR count). The van der Waals surface area contributed by atoms with Crippen LogP contribution in [-0.2, 0) is 22.6 Å². The molecular formula is C23H27NO6. The standard InChI is InChI=1S/C23H27NO6/c1-15(2)19(23(26)27)13-24-21(25)12-16-6-8-18(9-7-16)30-14-17-4-3-5-20-22(17)29-11-10-28-20/h3-9,15,19H,10-14H2,1-2H3,(H,24,25)(H,26,27). The van der Waals surface area contributed by atoms with Crippen molar-refractivity contribution >= 4 is 11.9 Å². The summed E-state index contributed by atoms with van der Waals surface area (Å²) in [6.07, 6.45) is 0.183. The van der Waals surface area contributed by atoms with Crippen LogP contribution in [0.1, 0.15) is 25.0 Å². The van der Waals surface area contributed by atoms with Crippen LogP contribution in [0.5, 0.6) is 17.2 Å². The van der Waals surface area contributed by atoms with Gasteiger partial charge < -0.3 is 24.6 Å². The van der Waals surface area contributed by atoms with E-state index in [-0.39, 0.29) is 24.8 Å². The molecule has 7 nitrogen and oxygen atoms in total. The van der Waals surface area contributed by atoms with E-state index in [1.54, 1.807) is 0 Å². The maximum absolute atomic E-state index is 12.1. The predicted molar refractivity (Wildman–Crippen MR) is 111 cm³/mol. The number of rotatable bonds is 9. The molecular weight excluding hydrogens is 386 g/mol. The van der Waals surface area contributed by atoms with Crippen molar-refractivity contribution in [2.24, 2.45) is 11.8 Å². The third kappa shape index (κ3) is 5.65. The van der Waals surface area contributed by atoms with Crippen LogP contribution in [0, 0.1) is 11.8 Å². The molecule has 0 aliphatic carbocycles. The Kier molecular flexibility index (Phi) is 7.17. The molecule has 0 radical (unpaired) electrons. The van der Waals surface area contributed by atoms with Crippen LogP contribution >= 0.6 is 0 Å². The van der Waals surface area contributed by atoms with Gasteiger partial charge in [0.25, 0.3) is 0 Å². The van der Waals surface area contributed by atoms with Gasteiger partial charge in [-0.15, -0.1) is 0 Å². The highest BCUT2D eigenvalue weighted by molar-refractivity contribution is 5.79. The summed E-state index contributed by atoms with van der Waals surface area (Å²) in [7, 11) is 0.